The highest BCUT2D eigenvalue weighted by atomic mass is 16.6. The fourth-order valence-electron chi connectivity index (χ4n) is 2.10. The number of hydrogen-bond donors (Lipinski definition) is 1. The van der Waals surface area contributed by atoms with Crippen LogP contribution in [0, 0.1) is 0 Å². The summed E-state index contributed by atoms with van der Waals surface area (Å²) in [5, 5.41) is 3.28. The summed E-state index contributed by atoms with van der Waals surface area (Å²) < 4.78 is 10.3. The summed E-state index contributed by atoms with van der Waals surface area (Å²) in [6, 6.07) is 0. The number of nitrogens with zero attached hydrogens (tertiary/aromatic N) is 3. The molecule has 0 atom stereocenters. The second-order valence-electron chi connectivity index (χ2n) is 4.61. The molecule has 0 aromatic heterocycles. The lowest BCUT2D eigenvalue weighted by Gasteiger charge is -2.35. The predicted molar refractivity (Wildman–Crippen MR) is 82.6 cm³/mol. The maximum absolute atomic E-state index is 11.7. The van der Waals surface area contributed by atoms with Crippen molar-refractivity contribution in [3.05, 3.63) is 0 Å². The minimum Gasteiger partial charge on any atom is -0.450 e. The van der Waals surface area contributed by atoms with E-state index in [1.165, 1.54) is 0 Å². The molecule has 1 aliphatic heterocycles. The third-order valence-electron chi connectivity index (χ3n) is 3.14. The number of amides is 1. The molecule has 0 radical (unpaired) electrons. The Balaban J connectivity index is 2.45. The van der Waals surface area contributed by atoms with Gasteiger partial charge in [0.15, 0.2) is 5.96 Å². The fraction of sp³-hybridized carbons (Fsp3) is 0.857. The third-order valence-corrected chi connectivity index (χ3v) is 3.14. The summed E-state index contributed by atoms with van der Waals surface area (Å²) in [6.07, 6.45) is -0.226. The minimum atomic E-state index is -0.226. The van der Waals surface area contributed by atoms with Crippen molar-refractivity contribution in [2.45, 2.75) is 20.8 Å². The van der Waals surface area contributed by atoms with Gasteiger partial charge in [0.2, 0.25) is 0 Å². The van der Waals surface area contributed by atoms with Crippen molar-refractivity contribution in [3.8, 4) is 0 Å². The molecule has 0 aliphatic carbocycles. The van der Waals surface area contributed by atoms with E-state index in [2.05, 4.69) is 15.2 Å². The number of ether oxygens (including phenoxy) is 2. The number of aliphatic imine (C=N–C) groups is 1. The van der Waals surface area contributed by atoms with Crippen molar-refractivity contribution < 1.29 is 14.3 Å². The lowest BCUT2D eigenvalue weighted by molar-refractivity contribution is 0.0914. The van der Waals surface area contributed by atoms with E-state index in [1.807, 2.05) is 20.8 Å². The highest BCUT2D eigenvalue weighted by molar-refractivity contribution is 5.80. The Kier molecular flexibility index (Phi) is 8.57. The van der Waals surface area contributed by atoms with Crippen molar-refractivity contribution in [1.82, 2.24) is 15.1 Å². The summed E-state index contributed by atoms with van der Waals surface area (Å²) in [5.41, 5.74) is 0. The molecule has 1 amide bonds. The lowest BCUT2D eigenvalue weighted by atomic mass is 10.3. The average Bonchev–Trinajstić information content (AvgIpc) is 2.51. The zero-order chi connectivity index (χ0) is 15.5. The van der Waals surface area contributed by atoms with E-state index in [4.69, 9.17) is 9.47 Å². The summed E-state index contributed by atoms with van der Waals surface area (Å²) in [4.78, 5) is 20.1. The molecule has 0 bridgehead atoms. The predicted octanol–water partition coefficient (Wildman–Crippen LogP) is 0.763. The third kappa shape index (κ3) is 6.20. The highest BCUT2D eigenvalue weighted by Crippen LogP contribution is 2.04. The quantitative estimate of drug-likeness (QED) is 0.446. The Morgan fingerprint density at radius 1 is 1.10 bits per heavy atom. The van der Waals surface area contributed by atoms with E-state index < -0.39 is 0 Å². The Bertz CT molecular complexity index is 328. The van der Waals surface area contributed by atoms with E-state index in [1.54, 1.807) is 4.90 Å². The first-order chi connectivity index (χ1) is 10.2. The molecule has 0 saturated carbocycles. The van der Waals surface area contributed by atoms with Gasteiger partial charge in [0.05, 0.1) is 19.8 Å². The van der Waals surface area contributed by atoms with Crippen LogP contribution in [-0.4, -0.2) is 80.9 Å². The molecule has 0 aromatic carbocycles. The first kappa shape index (κ1) is 17.6. The van der Waals surface area contributed by atoms with Crippen molar-refractivity contribution in [2.75, 3.05) is 59.1 Å². The van der Waals surface area contributed by atoms with E-state index in [0.717, 1.165) is 25.6 Å². The molecule has 1 rings (SSSR count). The Morgan fingerprint density at radius 2 is 1.76 bits per heavy atom. The largest absolute Gasteiger partial charge is 0.450 e. The number of piperazine rings is 1. The van der Waals surface area contributed by atoms with Gasteiger partial charge in [-0.2, -0.15) is 0 Å². The monoisotopic (exact) mass is 300 g/mol. The van der Waals surface area contributed by atoms with Crippen LogP contribution in [0.2, 0.25) is 0 Å². The fourth-order valence-corrected chi connectivity index (χ4v) is 2.10. The molecule has 1 N–H and O–H groups in total. The van der Waals surface area contributed by atoms with Gasteiger partial charge >= 0.3 is 6.09 Å². The van der Waals surface area contributed by atoms with Crippen LogP contribution < -0.4 is 5.32 Å². The number of carbonyl (C=O) groups excluding carboxylic acids is 1. The van der Waals surface area contributed by atoms with Crippen molar-refractivity contribution in [1.29, 1.82) is 0 Å². The topological polar surface area (TPSA) is 66.4 Å². The standard InChI is InChI=1S/C14H28N4O3/c1-4-15-13(16-7-12-20-5-2)17-8-10-18(11-9-17)14(19)21-6-3/h4-12H2,1-3H3,(H,15,16). The normalized spacial score (nSPS) is 16.0. The van der Waals surface area contributed by atoms with Gasteiger partial charge in [-0.15, -0.1) is 0 Å². The summed E-state index contributed by atoms with van der Waals surface area (Å²) in [6.45, 7) is 11.9. The molecule has 1 saturated heterocycles. The van der Waals surface area contributed by atoms with Gasteiger partial charge < -0.3 is 24.6 Å². The Labute approximate surface area is 127 Å². The molecule has 0 aromatic rings. The molecule has 1 aliphatic rings. The summed E-state index contributed by atoms with van der Waals surface area (Å²) in [5.74, 6) is 0.890. The van der Waals surface area contributed by atoms with Crippen LogP contribution in [0.1, 0.15) is 20.8 Å². The Morgan fingerprint density at radius 3 is 2.33 bits per heavy atom. The maximum atomic E-state index is 11.7. The molecule has 1 heterocycles. The van der Waals surface area contributed by atoms with Crippen LogP contribution in [0.5, 0.6) is 0 Å². The first-order valence-corrected chi connectivity index (χ1v) is 7.75. The summed E-state index contributed by atoms with van der Waals surface area (Å²) in [7, 11) is 0. The molecular formula is C14H28N4O3. The smallest absolute Gasteiger partial charge is 0.409 e. The zero-order valence-corrected chi connectivity index (χ0v) is 13.4. The van der Waals surface area contributed by atoms with E-state index in [9.17, 15) is 4.79 Å². The van der Waals surface area contributed by atoms with Crippen molar-refractivity contribution >= 4 is 12.1 Å². The molecule has 0 spiro atoms. The van der Waals surface area contributed by atoms with E-state index >= 15 is 0 Å². The van der Waals surface area contributed by atoms with Crippen LogP contribution in [0.4, 0.5) is 4.79 Å². The molecule has 0 unspecified atom stereocenters. The van der Waals surface area contributed by atoms with Gasteiger partial charge in [-0.1, -0.05) is 0 Å². The molecular weight excluding hydrogens is 272 g/mol. The zero-order valence-electron chi connectivity index (χ0n) is 13.4. The number of nitrogens with one attached hydrogen (secondary N) is 1. The number of carbonyl (C=O) groups is 1. The van der Waals surface area contributed by atoms with Gasteiger partial charge in [-0.05, 0) is 20.8 Å². The number of hydrogen-bond acceptors (Lipinski definition) is 4. The van der Waals surface area contributed by atoms with Crippen LogP contribution in [0.3, 0.4) is 0 Å². The number of rotatable bonds is 6. The number of guanidine groups is 1. The van der Waals surface area contributed by atoms with Gasteiger partial charge in [0, 0.05) is 39.3 Å². The SMILES string of the molecule is CCNC(=NCCOCC)N1CCN(C(=O)OCC)CC1. The lowest BCUT2D eigenvalue weighted by Crippen LogP contribution is -2.54. The molecule has 122 valence electrons. The average molecular weight is 300 g/mol. The van der Waals surface area contributed by atoms with Gasteiger partial charge in [0.25, 0.3) is 0 Å². The summed E-state index contributed by atoms with van der Waals surface area (Å²) >= 11 is 0. The second kappa shape index (κ2) is 10.3. The first-order valence-electron chi connectivity index (χ1n) is 7.75. The maximum Gasteiger partial charge on any atom is 0.409 e. The van der Waals surface area contributed by atoms with E-state index in [0.29, 0.717) is 39.5 Å². The van der Waals surface area contributed by atoms with Crippen LogP contribution in [-0.2, 0) is 9.47 Å². The molecule has 7 nitrogen and oxygen atoms in total. The highest BCUT2D eigenvalue weighted by Gasteiger charge is 2.23. The van der Waals surface area contributed by atoms with E-state index in [-0.39, 0.29) is 6.09 Å². The minimum absolute atomic E-state index is 0.226. The second-order valence-corrected chi connectivity index (χ2v) is 4.61. The molecule has 1 fully saturated rings. The van der Waals surface area contributed by atoms with Gasteiger partial charge in [-0.3, -0.25) is 4.99 Å². The van der Waals surface area contributed by atoms with Crippen LogP contribution in [0.15, 0.2) is 4.99 Å². The van der Waals surface area contributed by atoms with Crippen LogP contribution in [0.25, 0.3) is 0 Å². The van der Waals surface area contributed by atoms with Gasteiger partial charge in [0.1, 0.15) is 0 Å². The van der Waals surface area contributed by atoms with Gasteiger partial charge in [-0.25, -0.2) is 4.79 Å². The van der Waals surface area contributed by atoms with Crippen LogP contribution >= 0.6 is 0 Å². The Hall–Kier alpha value is -1.50. The molecule has 7 heteroatoms. The molecule has 21 heavy (non-hydrogen) atoms. The van der Waals surface area contributed by atoms with Crippen molar-refractivity contribution in [2.24, 2.45) is 4.99 Å². The van der Waals surface area contributed by atoms with Crippen molar-refractivity contribution in [3.63, 3.8) is 0 Å².